The molecule has 0 aliphatic carbocycles. The van der Waals surface area contributed by atoms with E-state index in [1.54, 1.807) is 30.3 Å². The predicted molar refractivity (Wildman–Crippen MR) is 80.8 cm³/mol. The lowest BCUT2D eigenvalue weighted by Gasteiger charge is -2.01. The number of furan rings is 1. The Morgan fingerprint density at radius 1 is 1.05 bits per heavy atom. The number of ketones is 1. The summed E-state index contributed by atoms with van der Waals surface area (Å²) < 4.78 is 5.57. The van der Waals surface area contributed by atoms with Gasteiger partial charge in [0.25, 0.3) is 0 Å². The average molecular weight is 305 g/mol. The van der Waals surface area contributed by atoms with Crippen LogP contribution in [-0.4, -0.2) is 5.78 Å². The molecule has 0 aliphatic rings. The standard InChI is InChI=1S/C16H10Cl2O2/c1-9-7-10(5-6-12(9)17)15(19)14-8-11-3-2-4-13(18)16(11)20-14/h2-8H,1H3. The third-order valence-electron chi connectivity index (χ3n) is 3.14. The largest absolute Gasteiger partial charge is 0.451 e. The molecule has 2 nitrogen and oxygen atoms in total. The van der Waals surface area contributed by atoms with Crippen LogP contribution in [0.3, 0.4) is 0 Å². The first-order valence-electron chi connectivity index (χ1n) is 6.05. The van der Waals surface area contributed by atoms with Gasteiger partial charge >= 0.3 is 0 Å². The highest BCUT2D eigenvalue weighted by Crippen LogP contribution is 2.28. The summed E-state index contributed by atoms with van der Waals surface area (Å²) in [5.41, 5.74) is 1.93. The van der Waals surface area contributed by atoms with Crippen molar-refractivity contribution in [2.45, 2.75) is 6.92 Å². The Hall–Kier alpha value is -1.77. The summed E-state index contributed by atoms with van der Waals surface area (Å²) in [6, 6.07) is 12.3. The van der Waals surface area contributed by atoms with E-state index in [1.165, 1.54) is 0 Å². The average Bonchev–Trinajstić information content (AvgIpc) is 2.86. The van der Waals surface area contributed by atoms with Gasteiger partial charge in [-0.1, -0.05) is 35.3 Å². The molecular weight excluding hydrogens is 295 g/mol. The number of hydrogen-bond acceptors (Lipinski definition) is 2. The smallest absolute Gasteiger partial charge is 0.228 e. The van der Waals surface area contributed by atoms with Gasteiger partial charge in [-0.3, -0.25) is 4.79 Å². The van der Waals surface area contributed by atoms with E-state index in [4.69, 9.17) is 27.6 Å². The van der Waals surface area contributed by atoms with Crippen LogP contribution < -0.4 is 0 Å². The van der Waals surface area contributed by atoms with Crippen molar-refractivity contribution in [2.75, 3.05) is 0 Å². The summed E-state index contributed by atoms with van der Waals surface area (Å²) in [7, 11) is 0. The van der Waals surface area contributed by atoms with Gasteiger partial charge in [-0.2, -0.15) is 0 Å². The second kappa shape index (κ2) is 4.97. The molecule has 3 rings (SSSR count). The fourth-order valence-corrected chi connectivity index (χ4v) is 2.41. The zero-order valence-corrected chi connectivity index (χ0v) is 12.1. The molecule has 0 saturated carbocycles. The normalized spacial score (nSPS) is 10.9. The minimum Gasteiger partial charge on any atom is -0.451 e. The van der Waals surface area contributed by atoms with E-state index in [9.17, 15) is 4.79 Å². The monoisotopic (exact) mass is 304 g/mol. The van der Waals surface area contributed by atoms with E-state index in [1.807, 2.05) is 19.1 Å². The van der Waals surface area contributed by atoms with Crippen molar-refractivity contribution >= 4 is 40.0 Å². The van der Waals surface area contributed by atoms with E-state index in [-0.39, 0.29) is 11.5 Å². The lowest BCUT2D eigenvalue weighted by atomic mass is 10.1. The van der Waals surface area contributed by atoms with Crippen LogP contribution in [-0.2, 0) is 0 Å². The van der Waals surface area contributed by atoms with Crippen molar-refractivity contribution < 1.29 is 9.21 Å². The molecule has 0 amide bonds. The SMILES string of the molecule is Cc1cc(C(=O)c2cc3cccc(Cl)c3o2)ccc1Cl. The molecule has 0 aliphatic heterocycles. The lowest BCUT2D eigenvalue weighted by Crippen LogP contribution is -1.99. The lowest BCUT2D eigenvalue weighted by molar-refractivity contribution is 0.101. The van der Waals surface area contributed by atoms with Crippen molar-refractivity contribution in [2.24, 2.45) is 0 Å². The second-order valence-corrected chi connectivity index (χ2v) is 5.38. The molecule has 2 aromatic carbocycles. The summed E-state index contributed by atoms with van der Waals surface area (Å²) in [5, 5.41) is 1.94. The molecule has 4 heteroatoms. The van der Waals surface area contributed by atoms with Gasteiger partial charge in [-0.15, -0.1) is 0 Å². The van der Waals surface area contributed by atoms with Gasteiger partial charge in [0.2, 0.25) is 5.78 Å². The molecule has 1 aromatic heterocycles. The van der Waals surface area contributed by atoms with Crippen LogP contribution in [0.4, 0.5) is 0 Å². The Bertz CT molecular complexity index is 818. The number of fused-ring (bicyclic) bond motifs is 1. The van der Waals surface area contributed by atoms with Crippen LogP contribution in [0.1, 0.15) is 21.7 Å². The first-order chi connectivity index (χ1) is 9.56. The highest BCUT2D eigenvalue weighted by Gasteiger charge is 2.16. The zero-order valence-electron chi connectivity index (χ0n) is 10.6. The fraction of sp³-hybridized carbons (Fsp3) is 0.0625. The summed E-state index contributed by atoms with van der Waals surface area (Å²) in [6.07, 6.45) is 0. The van der Waals surface area contributed by atoms with Crippen molar-refractivity contribution in [3.05, 3.63) is 69.4 Å². The number of carbonyl (C=O) groups is 1. The number of hydrogen-bond donors (Lipinski definition) is 0. The van der Waals surface area contributed by atoms with Crippen LogP contribution in [0.5, 0.6) is 0 Å². The summed E-state index contributed by atoms with van der Waals surface area (Å²) in [6.45, 7) is 1.86. The van der Waals surface area contributed by atoms with Gasteiger partial charge in [-0.25, -0.2) is 0 Å². The Balaban J connectivity index is 2.08. The van der Waals surface area contributed by atoms with Gasteiger partial charge in [0.05, 0.1) is 5.02 Å². The maximum atomic E-state index is 12.4. The number of para-hydroxylation sites is 1. The zero-order chi connectivity index (χ0) is 14.3. The van der Waals surface area contributed by atoms with Crippen LogP contribution in [0, 0.1) is 6.92 Å². The Labute approximate surface area is 125 Å². The summed E-state index contributed by atoms with van der Waals surface area (Å²) in [5.74, 6) is 0.0897. The Kier molecular flexibility index (Phi) is 3.28. The highest BCUT2D eigenvalue weighted by atomic mass is 35.5. The second-order valence-electron chi connectivity index (χ2n) is 4.56. The minimum atomic E-state index is -0.183. The maximum Gasteiger partial charge on any atom is 0.228 e. The van der Waals surface area contributed by atoms with E-state index >= 15 is 0 Å². The van der Waals surface area contributed by atoms with E-state index in [0.29, 0.717) is 21.2 Å². The molecule has 0 spiro atoms. The molecule has 20 heavy (non-hydrogen) atoms. The number of rotatable bonds is 2. The molecule has 0 N–H and O–H groups in total. The van der Waals surface area contributed by atoms with Crippen molar-refractivity contribution in [3.63, 3.8) is 0 Å². The Morgan fingerprint density at radius 3 is 2.55 bits per heavy atom. The van der Waals surface area contributed by atoms with Gasteiger partial charge < -0.3 is 4.42 Å². The number of halogens is 2. The maximum absolute atomic E-state index is 12.4. The van der Waals surface area contributed by atoms with Crippen molar-refractivity contribution in [1.29, 1.82) is 0 Å². The molecule has 0 unspecified atom stereocenters. The predicted octanol–water partition coefficient (Wildman–Crippen LogP) is 5.28. The molecule has 3 aromatic rings. The topological polar surface area (TPSA) is 30.2 Å². The fourth-order valence-electron chi connectivity index (χ4n) is 2.07. The number of aryl methyl sites for hydroxylation is 1. The third-order valence-corrected chi connectivity index (χ3v) is 3.86. The highest BCUT2D eigenvalue weighted by molar-refractivity contribution is 6.35. The van der Waals surface area contributed by atoms with Gasteiger partial charge in [-0.05, 0) is 42.8 Å². The van der Waals surface area contributed by atoms with Crippen molar-refractivity contribution in [1.82, 2.24) is 0 Å². The quantitative estimate of drug-likeness (QED) is 0.603. The summed E-state index contributed by atoms with van der Waals surface area (Å²) >= 11 is 12.0. The van der Waals surface area contributed by atoms with E-state index in [0.717, 1.165) is 10.9 Å². The van der Waals surface area contributed by atoms with Gasteiger partial charge in [0.15, 0.2) is 11.3 Å². The first-order valence-corrected chi connectivity index (χ1v) is 6.81. The molecule has 0 saturated heterocycles. The molecule has 0 fully saturated rings. The van der Waals surface area contributed by atoms with Crippen LogP contribution in [0.2, 0.25) is 10.0 Å². The summed E-state index contributed by atoms with van der Waals surface area (Å²) in [4.78, 5) is 12.4. The third kappa shape index (κ3) is 2.21. The molecule has 0 bridgehead atoms. The van der Waals surface area contributed by atoms with Crippen LogP contribution in [0.15, 0.2) is 46.9 Å². The van der Waals surface area contributed by atoms with Gasteiger partial charge in [0, 0.05) is 16.0 Å². The number of carbonyl (C=O) groups excluding carboxylic acids is 1. The Morgan fingerprint density at radius 2 is 1.85 bits per heavy atom. The minimum absolute atomic E-state index is 0.183. The number of benzene rings is 2. The molecule has 1 heterocycles. The van der Waals surface area contributed by atoms with E-state index in [2.05, 4.69) is 0 Å². The van der Waals surface area contributed by atoms with Crippen molar-refractivity contribution in [3.8, 4) is 0 Å². The van der Waals surface area contributed by atoms with Crippen LogP contribution in [0.25, 0.3) is 11.0 Å². The molecular formula is C16H10Cl2O2. The molecule has 100 valence electrons. The van der Waals surface area contributed by atoms with Crippen LogP contribution >= 0.6 is 23.2 Å². The van der Waals surface area contributed by atoms with E-state index < -0.39 is 0 Å². The first kappa shape index (κ1) is 13.2. The molecule has 0 radical (unpaired) electrons. The molecule has 0 atom stereocenters. The van der Waals surface area contributed by atoms with Gasteiger partial charge in [0.1, 0.15) is 0 Å².